The normalized spacial score (nSPS) is 14.6. The highest BCUT2D eigenvalue weighted by Crippen LogP contribution is 2.20. The summed E-state index contributed by atoms with van der Waals surface area (Å²) in [6, 6.07) is 7.59. The molecule has 3 aromatic rings. The number of aryl methyl sites for hydroxylation is 1. The van der Waals surface area contributed by atoms with Gasteiger partial charge in [-0.2, -0.15) is 0 Å². The lowest BCUT2D eigenvalue weighted by Gasteiger charge is -2.17. The summed E-state index contributed by atoms with van der Waals surface area (Å²) in [5.41, 5.74) is -0.262. The van der Waals surface area contributed by atoms with E-state index in [9.17, 15) is 23.2 Å². The fraction of sp³-hybridized carbons (Fsp3) is 0.333. The fourth-order valence-corrected chi connectivity index (χ4v) is 3.85. The average molecular weight is 455 g/mol. The van der Waals surface area contributed by atoms with E-state index in [2.05, 4.69) is 10.3 Å². The van der Waals surface area contributed by atoms with Crippen LogP contribution in [-0.4, -0.2) is 27.5 Å². The Kier molecular flexibility index (Phi) is 6.48. The molecule has 33 heavy (non-hydrogen) atoms. The van der Waals surface area contributed by atoms with Crippen LogP contribution in [0.3, 0.4) is 0 Å². The number of aromatic nitrogens is 2. The maximum Gasteiger partial charge on any atom is 0.338 e. The highest BCUT2D eigenvalue weighted by molar-refractivity contribution is 5.98. The van der Waals surface area contributed by atoms with Crippen LogP contribution < -0.4 is 10.9 Å². The number of anilines is 1. The third-order valence-corrected chi connectivity index (χ3v) is 5.67. The molecule has 0 bridgehead atoms. The minimum atomic E-state index is -1.32. The highest BCUT2D eigenvalue weighted by Gasteiger charge is 2.22. The maximum absolute atomic E-state index is 13.8. The second-order valence-electron chi connectivity index (χ2n) is 8.01. The monoisotopic (exact) mass is 455 g/mol. The first-order valence-corrected chi connectivity index (χ1v) is 10.8. The van der Waals surface area contributed by atoms with Crippen LogP contribution in [0.5, 0.6) is 0 Å². The average Bonchev–Trinajstić information content (AvgIpc) is 2.77. The summed E-state index contributed by atoms with van der Waals surface area (Å²) in [4.78, 5) is 42.4. The molecule has 0 aliphatic carbocycles. The van der Waals surface area contributed by atoms with Crippen molar-refractivity contribution < 1.29 is 23.1 Å². The minimum absolute atomic E-state index is 0.113. The number of benzene rings is 2. The first-order valence-electron chi connectivity index (χ1n) is 10.8. The van der Waals surface area contributed by atoms with Gasteiger partial charge in [0.1, 0.15) is 23.1 Å². The predicted molar refractivity (Wildman–Crippen MR) is 118 cm³/mol. The van der Waals surface area contributed by atoms with E-state index in [1.54, 1.807) is 4.57 Å². The number of hydrogen-bond acceptors (Lipinski definition) is 5. The van der Waals surface area contributed by atoms with Crippen LogP contribution in [-0.2, 0) is 22.5 Å². The van der Waals surface area contributed by atoms with E-state index in [0.29, 0.717) is 29.7 Å². The Hall–Kier alpha value is -3.62. The zero-order chi connectivity index (χ0) is 23.5. The van der Waals surface area contributed by atoms with Gasteiger partial charge in [0.2, 0.25) is 0 Å². The zero-order valence-corrected chi connectivity index (χ0v) is 18.1. The summed E-state index contributed by atoms with van der Waals surface area (Å²) in [6.45, 7) is 1.91. The molecule has 0 spiro atoms. The van der Waals surface area contributed by atoms with Gasteiger partial charge in [-0.15, -0.1) is 0 Å². The Labute approximate surface area is 188 Å². The second-order valence-corrected chi connectivity index (χ2v) is 8.01. The van der Waals surface area contributed by atoms with Crippen molar-refractivity contribution in [3.8, 4) is 0 Å². The SMILES string of the molecule is CC(OC(=O)c1ccc2c(=O)n3c(nc2c1)CCCCCC3)C(=O)Nc1c(F)cccc1F. The number of fused-ring (bicyclic) bond motifs is 2. The number of carbonyl (C=O) groups is 2. The fourth-order valence-electron chi connectivity index (χ4n) is 3.85. The van der Waals surface area contributed by atoms with Crippen molar-refractivity contribution in [3.05, 3.63) is 69.8 Å². The first-order chi connectivity index (χ1) is 15.8. The molecular formula is C24H23F2N3O4. The number of carbonyl (C=O) groups excluding carboxylic acids is 2. The molecule has 0 saturated heterocycles. The molecule has 0 fully saturated rings. The molecule has 1 amide bonds. The van der Waals surface area contributed by atoms with Gasteiger partial charge in [0.15, 0.2) is 6.10 Å². The van der Waals surface area contributed by atoms with E-state index in [0.717, 1.165) is 37.8 Å². The van der Waals surface area contributed by atoms with Gasteiger partial charge in [-0.05, 0) is 50.1 Å². The molecule has 1 unspecified atom stereocenters. The molecule has 1 atom stereocenters. The van der Waals surface area contributed by atoms with Crippen molar-refractivity contribution in [1.29, 1.82) is 0 Å². The van der Waals surface area contributed by atoms with Gasteiger partial charge in [-0.25, -0.2) is 18.6 Å². The molecule has 172 valence electrons. The maximum atomic E-state index is 13.8. The quantitative estimate of drug-likeness (QED) is 0.601. The van der Waals surface area contributed by atoms with Gasteiger partial charge in [0, 0.05) is 13.0 Å². The smallest absolute Gasteiger partial charge is 0.338 e. The number of amides is 1. The highest BCUT2D eigenvalue weighted by atomic mass is 19.1. The third kappa shape index (κ3) is 4.76. The molecule has 9 heteroatoms. The van der Waals surface area contributed by atoms with Crippen molar-refractivity contribution in [2.24, 2.45) is 0 Å². The van der Waals surface area contributed by atoms with E-state index in [1.807, 2.05) is 0 Å². The van der Waals surface area contributed by atoms with Crippen molar-refractivity contribution in [2.45, 2.75) is 51.7 Å². The molecule has 7 nitrogen and oxygen atoms in total. The van der Waals surface area contributed by atoms with Crippen LogP contribution in [0.1, 0.15) is 48.8 Å². The topological polar surface area (TPSA) is 90.3 Å². The molecule has 1 aromatic heterocycles. The summed E-state index contributed by atoms with van der Waals surface area (Å²) in [6.07, 6.45) is 3.38. The number of ether oxygens (including phenoxy) is 1. The number of esters is 1. The van der Waals surface area contributed by atoms with Gasteiger partial charge >= 0.3 is 5.97 Å². The van der Waals surface area contributed by atoms with Crippen LogP contribution in [0.4, 0.5) is 14.5 Å². The van der Waals surface area contributed by atoms with E-state index < -0.39 is 35.3 Å². The number of halogens is 2. The summed E-state index contributed by atoms with van der Waals surface area (Å²) in [5.74, 6) is -2.89. The molecule has 2 aromatic carbocycles. The summed E-state index contributed by atoms with van der Waals surface area (Å²) >= 11 is 0. The van der Waals surface area contributed by atoms with Gasteiger partial charge in [-0.1, -0.05) is 18.9 Å². The third-order valence-electron chi connectivity index (χ3n) is 5.67. The number of hydrogen-bond donors (Lipinski definition) is 1. The van der Waals surface area contributed by atoms with Crippen LogP contribution in [0, 0.1) is 11.6 Å². The van der Waals surface area contributed by atoms with Gasteiger partial charge < -0.3 is 10.1 Å². The van der Waals surface area contributed by atoms with E-state index in [1.165, 1.54) is 31.2 Å². The van der Waals surface area contributed by atoms with Crippen LogP contribution in [0.25, 0.3) is 10.9 Å². The van der Waals surface area contributed by atoms with Gasteiger partial charge in [-0.3, -0.25) is 14.2 Å². The minimum Gasteiger partial charge on any atom is -0.449 e. The molecular weight excluding hydrogens is 432 g/mol. The summed E-state index contributed by atoms with van der Waals surface area (Å²) < 4.78 is 34.4. The number of rotatable bonds is 4. The number of nitrogens with one attached hydrogen (secondary N) is 1. The summed E-state index contributed by atoms with van der Waals surface area (Å²) in [5, 5.41) is 2.49. The van der Waals surface area contributed by atoms with Crippen molar-refractivity contribution in [1.82, 2.24) is 9.55 Å². The molecule has 0 saturated carbocycles. The molecule has 1 aliphatic rings. The lowest BCUT2D eigenvalue weighted by Crippen LogP contribution is -2.30. The zero-order valence-electron chi connectivity index (χ0n) is 18.1. The largest absolute Gasteiger partial charge is 0.449 e. The predicted octanol–water partition coefficient (Wildman–Crippen LogP) is 3.98. The lowest BCUT2D eigenvalue weighted by atomic mass is 10.1. The first kappa shape index (κ1) is 22.6. The van der Waals surface area contributed by atoms with E-state index in [-0.39, 0.29) is 11.1 Å². The van der Waals surface area contributed by atoms with Crippen LogP contribution in [0.2, 0.25) is 0 Å². The van der Waals surface area contributed by atoms with E-state index >= 15 is 0 Å². The second kappa shape index (κ2) is 9.48. The Morgan fingerprint density at radius 3 is 2.58 bits per heavy atom. The van der Waals surface area contributed by atoms with Crippen molar-refractivity contribution in [2.75, 3.05) is 5.32 Å². The van der Waals surface area contributed by atoms with Crippen LogP contribution in [0.15, 0.2) is 41.2 Å². The molecule has 2 heterocycles. The van der Waals surface area contributed by atoms with Crippen molar-refractivity contribution in [3.63, 3.8) is 0 Å². The van der Waals surface area contributed by atoms with Gasteiger partial charge in [0.25, 0.3) is 11.5 Å². The molecule has 1 N–H and O–H groups in total. The Balaban J connectivity index is 1.53. The Morgan fingerprint density at radius 1 is 1.09 bits per heavy atom. The summed E-state index contributed by atoms with van der Waals surface area (Å²) in [7, 11) is 0. The van der Waals surface area contributed by atoms with Gasteiger partial charge in [0.05, 0.1) is 16.5 Å². The molecule has 1 aliphatic heterocycles. The molecule has 0 radical (unpaired) electrons. The standard InChI is InChI=1S/C24H23F2N3O4/c1-14(22(30)28-21-17(25)7-6-8-18(21)26)33-24(32)15-10-11-16-19(13-15)27-20-9-4-2-3-5-12-29(20)23(16)31/h6-8,10-11,13-14H,2-5,9,12H2,1H3,(H,28,30). The number of nitrogens with zero attached hydrogens (tertiary/aromatic N) is 2. The van der Waals surface area contributed by atoms with Crippen molar-refractivity contribution >= 4 is 28.5 Å². The lowest BCUT2D eigenvalue weighted by molar-refractivity contribution is -0.123. The Morgan fingerprint density at radius 2 is 1.82 bits per heavy atom. The molecule has 4 rings (SSSR count). The number of para-hydroxylation sites is 1. The van der Waals surface area contributed by atoms with Crippen LogP contribution >= 0.6 is 0 Å². The van der Waals surface area contributed by atoms with E-state index in [4.69, 9.17) is 4.74 Å². The Bertz CT molecular complexity index is 1270.